The van der Waals surface area contributed by atoms with Crippen molar-refractivity contribution in [3.63, 3.8) is 0 Å². The summed E-state index contributed by atoms with van der Waals surface area (Å²) < 4.78 is 5.64. The van der Waals surface area contributed by atoms with Gasteiger partial charge in [0.2, 0.25) is 0 Å². The Kier molecular flexibility index (Phi) is 2.62. The standard InChI is InChI=1S/C11H15NO/c1-9-2-4-10(5-3-9)11-8-12-6-7-13-11/h2-5,11-12H,6-8H2,1H3. The van der Waals surface area contributed by atoms with Crippen LogP contribution in [0.15, 0.2) is 24.3 Å². The Labute approximate surface area is 78.9 Å². The number of ether oxygens (including phenoxy) is 1. The molecular formula is C11H15NO. The van der Waals surface area contributed by atoms with E-state index in [2.05, 4.69) is 36.5 Å². The Bertz CT molecular complexity index is 262. The number of hydrogen-bond donors (Lipinski definition) is 1. The lowest BCUT2D eigenvalue weighted by Crippen LogP contribution is -2.33. The second-order valence-corrected chi connectivity index (χ2v) is 3.47. The van der Waals surface area contributed by atoms with Crippen molar-refractivity contribution in [2.24, 2.45) is 0 Å². The second-order valence-electron chi connectivity index (χ2n) is 3.47. The van der Waals surface area contributed by atoms with Crippen LogP contribution < -0.4 is 5.32 Å². The molecule has 1 saturated heterocycles. The first kappa shape index (κ1) is 8.73. The minimum Gasteiger partial charge on any atom is -0.371 e. The van der Waals surface area contributed by atoms with Crippen molar-refractivity contribution in [3.8, 4) is 0 Å². The van der Waals surface area contributed by atoms with Crippen molar-refractivity contribution in [1.29, 1.82) is 0 Å². The molecule has 0 amide bonds. The summed E-state index contributed by atoms with van der Waals surface area (Å²) in [5.74, 6) is 0. The van der Waals surface area contributed by atoms with Crippen molar-refractivity contribution in [1.82, 2.24) is 5.32 Å². The van der Waals surface area contributed by atoms with Crippen LogP contribution >= 0.6 is 0 Å². The lowest BCUT2D eigenvalue weighted by Gasteiger charge is -2.23. The number of aryl methyl sites for hydroxylation is 1. The molecule has 1 N–H and O–H groups in total. The molecule has 2 rings (SSSR count). The van der Waals surface area contributed by atoms with Crippen molar-refractivity contribution in [3.05, 3.63) is 35.4 Å². The molecule has 0 aromatic heterocycles. The van der Waals surface area contributed by atoms with Gasteiger partial charge in [-0.25, -0.2) is 0 Å². The van der Waals surface area contributed by atoms with E-state index in [0.29, 0.717) is 0 Å². The molecule has 70 valence electrons. The molecule has 1 heterocycles. The van der Waals surface area contributed by atoms with Gasteiger partial charge in [0.05, 0.1) is 12.7 Å². The summed E-state index contributed by atoms with van der Waals surface area (Å²) >= 11 is 0. The van der Waals surface area contributed by atoms with E-state index in [1.165, 1.54) is 11.1 Å². The molecule has 0 bridgehead atoms. The van der Waals surface area contributed by atoms with Gasteiger partial charge in [0.15, 0.2) is 0 Å². The van der Waals surface area contributed by atoms with Crippen LogP contribution in [0.5, 0.6) is 0 Å². The first-order chi connectivity index (χ1) is 6.36. The van der Waals surface area contributed by atoms with E-state index in [1.807, 2.05) is 0 Å². The maximum Gasteiger partial charge on any atom is 0.0949 e. The molecule has 0 radical (unpaired) electrons. The van der Waals surface area contributed by atoms with E-state index < -0.39 is 0 Å². The van der Waals surface area contributed by atoms with Crippen LogP contribution in [-0.2, 0) is 4.74 Å². The van der Waals surface area contributed by atoms with Gasteiger partial charge in [0.25, 0.3) is 0 Å². The first-order valence-corrected chi connectivity index (χ1v) is 4.75. The smallest absolute Gasteiger partial charge is 0.0949 e. The zero-order valence-corrected chi connectivity index (χ0v) is 7.92. The number of benzene rings is 1. The third-order valence-electron chi connectivity index (χ3n) is 2.38. The fraction of sp³-hybridized carbons (Fsp3) is 0.455. The minimum absolute atomic E-state index is 0.245. The maximum atomic E-state index is 5.64. The van der Waals surface area contributed by atoms with Crippen molar-refractivity contribution in [2.75, 3.05) is 19.7 Å². The molecule has 2 nitrogen and oxygen atoms in total. The molecule has 1 fully saturated rings. The summed E-state index contributed by atoms with van der Waals surface area (Å²) in [6, 6.07) is 8.56. The van der Waals surface area contributed by atoms with E-state index in [4.69, 9.17) is 4.74 Å². The van der Waals surface area contributed by atoms with Gasteiger partial charge in [-0.1, -0.05) is 29.8 Å². The van der Waals surface area contributed by atoms with Gasteiger partial charge >= 0.3 is 0 Å². The summed E-state index contributed by atoms with van der Waals surface area (Å²) in [5, 5.41) is 3.32. The highest BCUT2D eigenvalue weighted by atomic mass is 16.5. The number of morpholine rings is 1. The lowest BCUT2D eigenvalue weighted by molar-refractivity contribution is 0.0277. The molecule has 0 spiro atoms. The molecule has 0 aliphatic carbocycles. The number of rotatable bonds is 1. The average molecular weight is 177 g/mol. The summed E-state index contributed by atoms with van der Waals surface area (Å²) in [4.78, 5) is 0. The topological polar surface area (TPSA) is 21.3 Å². The third kappa shape index (κ3) is 2.08. The second kappa shape index (κ2) is 3.90. The van der Waals surface area contributed by atoms with Crippen LogP contribution in [0.3, 0.4) is 0 Å². The quantitative estimate of drug-likeness (QED) is 0.704. The van der Waals surface area contributed by atoms with Gasteiger partial charge in [0.1, 0.15) is 0 Å². The van der Waals surface area contributed by atoms with Gasteiger partial charge in [-0.05, 0) is 12.5 Å². The van der Waals surface area contributed by atoms with Crippen molar-refractivity contribution < 1.29 is 4.74 Å². The van der Waals surface area contributed by atoms with E-state index >= 15 is 0 Å². The summed E-state index contributed by atoms with van der Waals surface area (Å²) in [6.45, 7) is 4.83. The Morgan fingerprint density at radius 3 is 2.69 bits per heavy atom. The molecule has 0 saturated carbocycles. The highest BCUT2D eigenvalue weighted by molar-refractivity contribution is 5.23. The summed E-state index contributed by atoms with van der Waals surface area (Å²) in [7, 11) is 0. The Balaban J connectivity index is 2.10. The van der Waals surface area contributed by atoms with Gasteiger partial charge in [-0.15, -0.1) is 0 Å². The molecule has 1 unspecified atom stereocenters. The lowest BCUT2D eigenvalue weighted by atomic mass is 10.1. The van der Waals surface area contributed by atoms with E-state index in [9.17, 15) is 0 Å². The van der Waals surface area contributed by atoms with Crippen molar-refractivity contribution in [2.45, 2.75) is 13.0 Å². The molecule has 1 aromatic carbocycles. The van der Waals surface area contributed by atoms with Crippen molar-refractivity contribution >= 4 is 0 Å². The van der Waals surface area contributed by atoms with E-state index in [-0.39, 0.29) is 6.10 Å². The summed E-state index contributed by atoms with van der Waals surface area (Å²) in [5.41, 5.74) is 2.57. The third-order valence-corrected chi connectivity index (χ3v) is 2.38. The minimum atomic E-state index is 0.245. The number of hydrogen-bond acceptors (Lipinski definition) is 2. The molecule has 2 heteroatoms. The highest BCUT2D eigenvalue weighted by Crippen LogP contribution is 2.18. The average Bonchev–Trinajstić information content (AvgIpc) is 2.20. The maximum absolute atomic E-state index is 5.64. The molecular weight excluding hydrogens is 162 g/mol. The van der Waals surface area contributed by atoms with Crippen LogP contribution in [0.2, 0.25) is 0 Å². The monoisotopic (exact) mass is 177 g/mol. The predicted octanol–water partition coefficient (Wildman–Crippen LogP) is 1.66. The fourth-order valence-electron chi connectivity index (χ4n) is 1.56. The Hall–Kier alpha value is -0.860. The largest absolute Gasteiger partial charge is 0.371 e. The van der Waals surface area contributed by atoms with Gasteiger partial charge in [-0.3, -0.25) is 0 Å². The molecule has 1 aliphatic rings. The normalized spacial score (nSPS) is 23.0. The van der Waals surface area contributed by atoms with E-state index in [0.717, 1.165) is 19.7 Å². The zero-order chi connectivity index (χ0) is 9.10. The van der Waals surface area contributed by atoms with Crippen LogP contribution in [0.1, 0.15) is 17.2 Å². The van der Waals surface area contributed by atoms with Crippen LogP contribution in [0, 0.1) is 6.92 Å². The fourth-order valence-corrected chi connectivity index (χ4v) is 1.56. The van der Waals surface area contributed by atoms with E-state index in [1.54, 1.807) is 0 Å². The Morgan fingerprint density at radius 1 is 1.31 bits per heavy atom. The number of nitrogens with one attached hydrogen (secondary N) is 1. The first-order valence-electron chi connectivity index (χ1n) is 4.75. The summed E-state index contributed by atoms with van der Waals surface area (Å²) in [6.07, 6.45) is 0.245. The molecule has 13 heavy (non-hydrogen) atoms. The highest BCUT2D eigenvalue weighted by Gasteiger charge is 2.14. The molecule has 1 atom stereocenters. The van der Waals surface area contributed by atoms with Crippen LogP contribution in [-0.4, -0.2) is 19.7 Å². The van der Waals surface area contributed by atoms with Gasteiger partial charge < -0.3 is 10.1 Å². The molecule has 1 aliphatic heterocycles. The van der Waals surface area contributed by atoms with Gasteiger partial charge in [0, 0.05) is 13.1 Å². The zero-order valence-electron chi connectivity index (χ0n) is 7.92. The Morgan fingerprint density at radius 2 is 2.08 bits per heavy atom. The molecule has 1 aromatic rings. The van der Waals surface area contributed by atoms with Crippen LogP contribution in [0.4, 0.5) is 0 Å². The predicted molar refractivity (Wildman–Crippen MR) is 52.7 cm³/mol. The SMILES string of the molecule is Cc1ccc(C2CNCCO2)cc1. The van der Waals surface area contributed by atoms with Gasteiger partial charge in [-0.2, -0.15) is 0 Å². The van der Waals surface area contributed by atoms with Crippen LogP contribution in [0.25, 0.3) is 0 Å².